The maximum absolute atomic E-state index is 12.1. The molecule has 1 amide bonds. The molecule has 1 heterocycles. The number of quaternary nitrogens is 1. The Kier molecular flexibility index (Phi) is 6.19. The Labute approximate surface area is 157 Å². The zero-order valence-corrected chi connectivity index (χ0v) is 16.0. The summed E-state index contributed by atoms with van der Waals surface area (Å²) in [5, 5.41) is 12.4. The van der Waals surface area contributed by atoms with Crippen LogP contribution in [0.25, 0.3) is 0 Å². The highest BCUT2D eigenvalue weighted by Gasteiger charge is 2.33. The minimum absolute atomic E-state index is 0.303. The van der Waals surface area contributed by atoms with Crippen LogP contribution in [0, 0.1) is 0 Å². The lowest BCUT2D eigenvalue weighted by atomic mass is 10.0. The Hall–Kier alpha value is -1.50. The molecule has 1 saturated heterocycles. The number of carboxylic acids is 1. The minimum atomic E-state index is -1.18. The van der Waals surface area contributed by atoms with Crippen molar-refractivity contribution in [3.63, 3.8) is 0 Å². The molecule has 0 spiro atoms. The number of aliphatic carboxylic acids is 1. The molecule has 0 radical (unpaired) electrons. The van der Waals surface area contributed by atoms with Crippen molar-refractivity contribution in [3.05, 3.63) is 33.8 Å². The standard InChI is InChI=1S/C17H22Cl2N2O4/c1-17(2,3)25-16(24)21-8-6-20(7-9-21)14(15(22)23)11-4-5-12(18)13(19)10-11/h4-5,10,14H,6-9H2,1-3H3,(H,22,23)/t14-/m1/s1. The molecule has 1 N–H and O–H groups in total. The van der Waals surface area contributed by atoms with Crippen molar-refractivity contribution < 1.29 is 24.3 Å². The predicted octanol–water partition coefficient (Wildman–Crippen LogP) is 0.920. The number of nitrogens with zero attached hydrogens (tertiary/aromatic N) is 1. The summed E-state index contributed by atoms with van der Waals surface area (Å²) in [6.07, 6.45) is -0.383. The molecule has 1 atom stereocenters. The van der Waals surface area contributed by atoms with Gasteiger partial charge in [0.05, 0.1) is 36.2 Å². The third kappa shape index (κ3) is 5.23. The molecule has 8 heteroatoms. The summed E-state index contributed by atoms with van der Waals surface area (Å²) in [4.78, 5) is 26.2. The summed E-state index contributed by atoms with van der Waals surface area (Å²) in [5.74, 6) is -1.18. The smallest absolute Gasteiger partial charge is 0.410 e. The number of rotatable bonds is 3. The fraction of sp³-hybridized carbons (Fsp3) is 0.529. The van der Waals surface area contributed by atoms with Gasteiger partial charge in [-0.1, -0.05) is 29.3 Å². The van der Waals surface area contributed by atoms with Crippen LogP contribution in [0.1, 0.15) is 32.4 Å². The zero-order chi connectivity index (χ0) is 18.8. The molecule has 0 aliphatic carbocycles. The maximum Gasteiger partial charge on any atom is 0.410 e. The van der Waals surface area contributed by atoms with Crippen molar-refractivity contribution in [2.45, 2.75) is 32.4 Å². The van der Waals surface area contributed by atoms with Gasteiger partial charge in [0.15, 0.2) is 6.04 Å². The van der Waals surface area contributed by atoms with E-state index in [1.807, 2.05) is 20.8 Å². The number of carbonyl (C=O) groups is 2. The van der Waals surface area contributed by atoms with Crippen LogP contribution in [0.4, 0.5) is 4.79 Å². The molecular formula is C17H22Cl2N2O4. The van der Waals surface area contributed by atoms with Gasteiger partial charge in [0, 0.05) is 5.56 Å². The number of hydrogen-bond donors (Lipinski definition) is 1. The normalized spacial score (nSPS) is 17.2. The molecule has 138 valence electrons. The van der Waals surface area contributed by atoms with Crippen molar-refractivity contribution in [1.82, 2.24) is 4.90 Å². The number of benzene rings is 1. The Bertz CT molecular complexity index is 653. The Morgan fingerprint density at radius 1 is 1.20 bits per heavy atom. The predicted molar refractivity (Wildman–Crippen MR) is 92.7 cm³/mol. The second-order valence-corrected chi connectivity index (χ2v) is 7.87. The summed E-state index contributed by atoms with van der Waals surface area (Å²) >= 11 is 11.9. The highest BCUT2D eigenvalue weighted by Crippen LogP contribution is 2.25. The van der Waals surface area contributed by atoms with Crippen molar-refractivity contribution >= 4 is 35.3 Å². The first-order chi connectivity index (χ1) is 11.6. The summed E-state index contributed by atoms with van der Waals surface area (Å²) < 4.78 is 5.35. The van der Waals surface area contributed by atoms with Gasteiger partial charge in [-0.25, -0.2) is 4.79 Å². The van der Waals surface area contributed by atoms with Gasteiger partial charge in [0.2, 0.25) is 0 Å². The molecule has 1 fully saturated rings. The maximum atomic E-state index is 12.1. The van der Waals surface area contributed by atoms with E-state index < -0.39 is 17.6 Å². The van der Waals surface area contributed by atoms with Crippen molar-refractivity contribution in [3.8, 4) is 0 Å². The quantitative estimate of drug-likeness (QED) is 0.835. The Morgan fingerprint density at radius 2 is 1.80 bits per heavy atom. The molecule has 1 aromatic rings. The average Bonchev–Trinajstić information content (AvgIpc) is 2.49. The van der Waals surface area contributed by atoms with Crippen molar-refractivity contribution in [2.75, 3.05) is 26.2 Å². The zero-order valence-electron chi connectivity index (χ0n) is 14.5. The SMILES string of the molecule is CC(C)(C)OC(=O)N1CC[NH+]([C@@H](C(=O)[O-])c2ccc(Cl)c(Cl)c2)CC1. The van der Waals surface area contributed by atoms with Crippen LogP contribution in [0.5, 0.6) is 0 Å². The van der Waals surface area contributed by atoms with Crippen LogP contribution in [-0.2, 0) is 9.53 Å². The van der Waals surface area contributed by atoms with Gasteiger partial charge < -0.3 is 19.5 Å². The molecule has 2 rings (SSSR count). The number of piperazine rings is 1. The van der Waals surface area contributed by atoms with Crippen molar-refractivity contribution in [1.29, 1.82) is 0 Å². The number of carbonyl (C=O) groups excluding carboxylic acids is 2. The van der Waals surface area contributed by atoms with Gasteiger partial charge in [0.25, 0.3) is 0 Å². The van der Waals surface area contributed by atoms with E-state index in [-0.39, 0.29) is 6.09 Å². The molecule has 6 nitrogen and oxygen atoms in total. The van der Waals surface area contributed by atoms with E-state index in [1.165, 1.54) is 0 Å². The van der Waals surface area contributed by atoms with Crippen LogP contribution in [-0.4, -0.2) is 48.7 Å². The van der Waals surface area contributed by atoms with Gasteiger partial charge in [-0.2, -0.15) is 0 Å². The monoisotopic (exact) mass is 388 g/mol. The Balaban J connectivity index is 2.07. The second kappa shape index (κ2) is 7.81. The molecule has 0 saturated carbocycles. The van der Waals surface area contributed by atoms with Crippen molar-refractivity contribution in [2.24, 2.45) is 0 Å². The van der Waals surface area contributed by atoms with E-state index in [1.54, 1.807) is 23.1 Å². The topological polar surface area (TPSA) is 74.1 Å². The van der Waals surface area contributed by atoms with E-state index in [4.69, 9.17) is 27.9 Å². The lowest BCUT2D eigenvalue weighted by Gasteiger charge is -2.37. The molecule has 0 unspecified atom stereocenters. The molecule has 1 aliphatic rings. The number of carboxylic acid groups (broad SMARTS) is 1. The lowest BCUT2D eigenvalue weighted by Crippen LogP contribution is -3.16. The molecular weight excluding hydrogens is 367 g/mol. The first kappa shape index (κ1) is 19.8. The number of halogens is 2. The fourth-order valence-corrected chi connectivity index (χ4v) is 3.13. The number of ether oxygens (including phenoxy) is 1. The molecule has 1 aliphatic heterocycles. The van der Waals surface area contributed by atoms with Gasteiger partial charge in [0.1, 0.15) is 11.6 Å². The summed E-state index contributed by atoms with van der Waals surface area (Å²) in [5.41, 5.74) is -0.0237. The molecule has 25 heavy (non-hydrogen) atoms. The second-order valence-electron chi connectivity index (χ2n) is 7.05. The van der Waals surface area contributed by atoms with Crippen LogP contribution in [0.3, 0.4) is 0 Å². The van der Waals surface area contributed by atoms with Gasteiger partial charge in [-0.3, -0.25) is 4.90 Å². The van der Waals surface area contributed by atoms with Crippen LogP contribution in [0.15, 0.2) is 18.2 Å². The summed E-state index contributed by atoms with van der Waals surface area (Å²) in [6.45, 7) is 7.19. The van der Waals surface area contributed by atoms with Gasteiger partial charge >= 0.3 is 6.09 Å². The van der Waals surface area contributed by atoms with E-state index in [2.05, 4.69) is 0 Å². The van der Waals surface area contributed by atoms with E-state index in [0.29, 0.717) is 41.8 Å². The third-order valence-corrected chi connectivity index (χ3v) is 4.72. The summed E-state index contributed by atoms with van der Waals surface area (Å²) in [6, 6.07) is 3.90. The van der Waals surface area contributed by atoms with Crippen LogP contribution >= 0.6 is 23.2 Å². The number of hydrogen-bond acceptors (Lipinski definition) is 4. The average molecular weight is 389 g/mol. The van der Waals surface area contributed by atoms with E-state index >= 15 is 0 Å². The fourth-order valence-electron chi connectivity index (χ4n) is 2.82. The largest absolute Gasteiger partial charge is 0.544 e. The molecule has 0 aromatic heterocycles. The Morgan fingerprint density at radius 3 is 2.28 bits per heavy atom. The van der Waals surface area contributed by atoms with Crippen LogP contribution in [0.2, 0.25) is 10.0 Å². The lowest BCUT2D eigenvalue weighted by molar-refractivity contribution is -0.928. The van der Waals surface area contributed by atoms with E-state index in [9.17, 15) is 14.7 Å². The van der Waals surface area contributed by atoms with E-state index in [0.717, 1.165) is 4.90 Å². The van der Waals surface area contributed by atoms with Gasteiger partial charge in [-0.05, 0) is 32.9 Å². The first-order valence-electron chi connectivity index (χ1n) is 8.07. The number of amides is 1. The first-order valence-corrected chi connectivity index (χ1v) is 8.82. The highest BCUT2D eigenvalue weighted by molar-refractivity contribution is 6.42. The minimum Gasteiger partial charge on any atom is -0.544 e. The number of nitrogens with one attached hydrogen (secondary N) is 1. The molecule has 0 bridgehead atoms. The summed E-state index contributed by atoms with van der Waals surface area (Å²) in [7, 11) is 0. The molecule has 1 aromatic carbocycles. The highest BCUT2D eigenvalue weighted by atomic mass is 35.5. The van der Waals surface area contributed by atoms with Crippen LogP contribution < -0.4 is 10.0 Å². The third-order valence-electron chi connectivity index (χ3n) is 3.98. The van der Waals surface area contributed by atoms with Gasteiger partial charge in [-0.15, -0.1) is 0 Å².